The van der Waals surface area contributed by atoms with Gasteiger partial charge in [-0.05, 0) is 30.9 Å². The van der Waals surface area contributed by atoms with E-state index in [0.29, 0.717) is 44.8 Å². The minimum atomic E-state index is -0.308. The highest BCUT2D eigenvalue weighted by Gasteiger charge is 2.46. The number of nitrogens with one attached hydrogen (secondary N) is 1. The number of nitrogens with zero attached hydrogens (tertiary/aromatic N) is 2. The number of ether oxygens (including phenoxy) is 1. The van der Waals surface area contributed by atoms with Crippen molar-refractivity contribution in [2.75, 3.05) is 13.1 Å². The molecule has 2 amide bonds. The van der Waals surface area contributed by atoms with E-state index in [4.69, 9.17) is 4.74 Å². The van der Waals surface area contributed by atoms with E-state index in [2.05, 4.69) is 10.3 Å². The molecule has 3 aliphatic rings. The minimum Gasteiger partial charge on any atom is -0.393 e. The lowest BCUT2D eigenvalue weighted by Crippen LogP contribution is -2.43. The second kappa shape index (κ2) is 7.32. The minimum absolute atomic E-state index is 0.0159. The van der Waals surface area contributed by atoms with Crippen molar-refractivity contribution in [2.24, 2.45) is 11.8 Å². The normalized spacial score (nSPS) is 32.8. The van der Waals surface area contributed by atoms with Gasteiger partial charge in [-0.25, -0.2) is 0 Å². The number of pyridine rings is 1. The second-order valence-corrected chi connectivity index (χ2v) is 7.70. The summed E-state index contributed by atoms with van der Waals surface area (Å²) in [7, 11) is 0. The molecule has 0 radical (unpaired) electrons. The number of aromatic nitrogens is 1. The van der Waals surface area contributed by atoms with Gasteiger partial charge in [0.2, 0.25) is 11.8 Å². The van der Waals surface area contributed by atoms with Crippen LogP contribution in [-0.4, -0.2) is 58.2 Å². The summed E-state index contributed by atoms with van der Waals surface area (Å²) in [6.07, 6.45) is 5.47. The highest BCUT2D eigenvalue weighted by atomic mass is 16.5. The number of carbonyl (C=O) groups excluding carboxylic acids is 2. The molecular weight excluding hydrogens is 334 g/mol. The van der Waals surface area contributed by atoms with E-state index in [1.54, 1.807) is 12.4 Å². The number of hydrogen-bond donors (Lipinski definition) is 2. The molecule has 7 nitrogen and oxygen atoms in total. The maximum Gasteiger partial charge on any atom is 0.225 e. The quantitative estimate of drug-likeness (QED) is 0.798. The third-order valence-electron chi connectivity index (χ3n) is 5.71. The number of rotatable bonds is 5. The fourth-order valence-electron chi connectivity index (χ4n) is 4.20. The molecule has 1 saturated carbocycles. The monoisotopic (exact) mass is 359 g/mol. The number of carbonyl (C=O) groups is 2. The summed E-state index contributed by atoms with van der Waals surface area (Å²) in [4.78, 5) is 30.4. The molecule has 1 aromatic heterocycles. The van der Waals surface area contributed by atoms with E-state index >= 15 is 0 Å². The van der Waals surface area contributed by atoms with Gasteiger partial charge in [-0.2, -0.15) is 0 Å². The van der Waals surface area contributed by atoms with Gasteiger partial charge in [0.15, 0.2) is 0 Å². The molecule has 4 rings (SSSR count). The van der Waals surface area contributed by atoms with Gasteiger partial charge in [-0.15, -0.1) is 0 Å². The van der Waals surface area contributed by atoms with Crippen molar-refractivity contribution in [1.29, 1.82) is 0 Å². The van der Waals surface area contributed by atoms with Gasteiger partial charge in [0.25, 0.3) is 0 Å². The Morgan fingerprint density at radius 3 is 2.85 bits per heavy atom. The summed E-state index contributed by atoms with van der Waals surface area (Å²) in [5, 5.41) is 12.3. The Kier molecular flexibility index (Phi) is 4.91. The van der Waals surface area contributed by atoms with E-state index in [1.165, 1.54) is 0 Å². The summed E-state index contributed by atoms with van der Waals surface area (Å²) >= 11 is 0. The third kappa shape index (κ3) is 3.73. The van der Waals surface area contributed by atoms with Crippen molar-refractivity contribution in [3.63, 3.8) is 0 Å². The molecule has 0 unspecified atom stereocenters. The molecule has 3 atom stereocenters. The fourth-order valence-corrected chi connectivity index (χ4v) is 4.20. The van der Waals surface area contributed by atoms with Gasteiger partial charge in [0.05, 0.1) is 24.7 Å². The molecule has 1 aromatic rings. The molecule has 26 heavy (non-hydrogen) atoms. The highest BCUT2D eigenvalue weighted by Crippen LogP contribution is 2.37. The second-order valence-electron chi connectivity index (χ2n) is 7.70. The van der Waals surface area contributed by atoms with Crippen molar-refractivity contribution in [1.82, 2.24) is 15.2 Å². The van der Waals surface area contributed by atoms with Crippen LogP contribution >= 0.6 is 0 Å². The predicted octanol–water partition coefficient (Wildman–Crippen LogP) is 0.475. The van der Waals surface area contributed by atoms with Crippen LogP contribution in [0.5, 0.6) is 0 Å². The zero-order valence-corrected chi connectivity index (χ0v) is 14.7. The average molecular weight is 359 g/mol. The van der Waals surface area contributed by atoms with Crippen LogP contribution in [0.15, 0.2) is 24.5 Å². The van der Waals surface area contributed by atoms with Crippen molar-refractivity contribution in [3.8, 4) is 0 Å². The van der Waals surface area contributed by atoms with Crippen LogP contribution in [0, 0.1) is 11.8 Å². The van der Waals surface area contributed by atoms with E-state index < -0.39 is 0 Å². The Morgan fingerprint density at radius 2 is 2.15 bits per heavy atom. The SMILES string of the molecule is O=C(C[C@@H]1C[C@H]2CN(C(=O)C3CC(O)C3)C[C@H]2O1)NCc1cccnc1. The van der Waals surface area contributed by atoms with Crippen LogP contribution in [0.1, 0.15) is 31.2 Å². The van der Waals surface area contributed by atoms with Gasteiger partial charge in [-0.1, -0.05) is 6.07 Å². The fraction of sp³-hybridized carbons (Fsp3) is 0.632. The molecule has 2 aliphatic heterocycles. The number of amides is 2. The van der Waals surface area contributed by atoms with Gasteiger partial charge < -0.3 is 20.1 Å². The summed E-state index contributed by atoms with van der Waals surface area (Å²) < 4.78 is 6.02. The topological polar surface area (TPSA) is 91.8 Å². The first-order chi connectivity index (χ1) is 12.6. The molecule has 0 bridgehead atoms. The number of aliphatic hydroxyl groups excluding tert-OH is 1. The molecule has 0 spiro atoms. The molecule has 140 valence electrons. The average Bonchev–Trinajstić information content (AvgIpc) is 3.16. The van der Waals surface area contributed by atoms with Crippen LogP contribution in [0.3, 0.4) is 0 Å². The van der Waals surface area contributed by atoms with E-state index in [0.717, 1.165) is 12.0 Å². The molecule has 1 aliphatic carbocycles. The van der Waals surface area contributed by atoms with Gasteiger partial charge in [0, 0.05) is 43.9 Å². The summed E-state index contributed by atoms with van der Waals surface area (Å²) in [6.45, 7) is 1.80. The van der Waals surface area contributed by atoms with Gasteiger partial charge in [-0.3, -0.25) is 14.6 Å². The number of hydrogen-bond acceptors (Lipinski definition) is 5. The first-order valence-corrected chi connectivity index (χ1v) is 9.36. The maximum atomic E-state index is 12.4. The lowest BCUT2D eigenvalue weighted by atomic mass is 9.81. The van der Waals surface area contributed by atoms with E-state index in [9.17, 15) is 14.7 Å². The molecule has 3 heterocycles. The predicted molar refractivity (Wildman–Crippen MR) is 92.8 cm³/mol. The lowest BCUT2D eigenvalue weighted by Gasteiger charge is -2.33. The Labute approximate surface area is 152 Å². The van der Waals surface area contributed by atoms with E-state index in [-0.39, 0.29) is 36.0 Å². The Morgan fingerprint density at radius 1 is 1.31 bits per heavy atom. The highest BCUT2D eigenvalue weighted by molar-refractivity contribution is 5.80. The molecule has 2 saturated heterocycles. The van der Waals surface area contributed by atoms with Crippen molar-refractivity contribution in [3.05, 3.63) is 30.1 Å². The van der Waals surface area contributed by atoms with Crippen molar-refractivity contribution in [2.45, 2.75) is 50.5 Å². The standard InChI is InChI=1S/C19H25N3O4/c23-15-4-13(5-15)19(25)22-10-14-6-16(26-17(14)11-22)7-18(24)21-9-12-2-1-3-20-8-12/h1-3,8,13-17,23H,4-7,9-11H2,(H,21,24)/t13?,14-,15?,16-,17+/m0/s1. The lowest BCUT2D eigenvalue weighted by molar-refractivity contribution is -0.142. The Balaban J connectivity index is 1.20. The Hall–Kier alpha value is -1.99. The van der Waals surface area contributed by atoms with Crippen LogP contribution in [0.2, 0.25) is 0 Å². The zero-order chi connectivity index (χ0) is 18.1. The smallest absolute Gasteiger partial charge is 0.225 e. The summed E-state index contributed by atoms with van der Waals surface area (Å²) in [6, 6.07) is 3.77. The van der Waals surface area contributed by atoms with Crippen LogP contribution in [0.25, 0.3) is 0 Å². The van der Waals surface area contributed by atoms with E-state index in [1.807, 2.05) is 17.0 Å². The summed E-state index contributed by atoms with van der Waals surface area (Å²) in [5.74, 6) is 0.437. The molecule has 3 fully saturated rings. The zero-order valence-electron chi connectivity index (χ0n) is 14.7. The first kappa shape index (κ1) is 17.4. The molecule has 0 aromatic carbocycles. The molecular formula is C19H25N3O4. The van der Waals surface area contributed by atoms with Crippen LogP contribution < -0.4 is 5.32 Å². The summed E-state index contributed by atoms with van der Waals surface area (Å²) in [5.41, 5.74) is 0.973. The Bertz CT molecular complexity index is 648. The van der Waals surface area contributed by atoms with Crippen LogP contribution in [-0.2, 0) is 20.9 Å². The largest absolute Gasteiger partial charge is 0.393 e. The number of aliphatic hydroxyl groups is 1. The molecule has 2 N–H and O–H groups in total. The third-order valence-corrected chi connectivity index (χ3v) is 5.71. The maximum absolute atomic E-state index is 12.4. The van der Waals surface area contributed by atoms with Crippen LogP contribution in [0.4, 0.5) is 0 Å². The number of fused-ring (bicyclic) bond motifs is 1. The number of likely N-dealkylation sites (tertiary alicyclic amines) is 1. The van der Waals surface area contributed by atoms with Crippen molar-refractivity contribution < 1.29 is 19.4 Å². The first-order valence-electron chi connectivity index (χ1n) is 9.36. The van der Waals surface area contributed by atoms with Gasteiger partial charge >= 0.3 is 0 Å². The van der Waals surface area contributed by atoms with Crippen molar-refractivity contribution >= 4 is 11.8 Å². The molecule has 7 heteroatoms. The van der Waals surface area contributed by atoms with Gasteiger partial charge in [0.1, 0.15) is 0 Å².